The number of carbonyl (C=O) groups excluding carboxylic acids is 2. The third kappa shape index (κ3) is 4.50. The highest BCUT2D eigenvalue weighted by atomic mass is 35.5. The van der Waals surface area contributed by atoms with Crippen LogP contribution < -0.4 is 10.6 Å². The number of anilines is 2. The van der Waals surface area contributed by atoms with Crippen LogP contribution in [0.1, 0.15) is 19.3 Å². The van der Waals surface area contributed by atoms with Crippen LogP contribution >= 0.6 is 22.9 Å². The van der Waals surface area contributed by atoms with Gasteiger partial charge < -0.3 is 10.6 Å². The Labute approximate surface area is 175 Å². The number of carbonyl (C=O) groups is 2. The quantitative estimate of drug-likeness (QED) is 0.495. The zero-order valence-electron chi connectivity index (χ0n) is 14.9. The summed E-state index contributed by atoms with van der Waals surface area (Å²) in [6.07, 6.45) is 3.04. The highest BCUT2D eigenvalue weighted by Crippen LogP contribution is 2.21. The number of rotatable bonds is 5. The zero-order valence-corrected chi connectivity index (χ0v) is 16.4. The van der Waals surface area contributed by atoms with Crippen molar-refractivity contribution in [3.63, 3.8) is 0 Å². The van der Waals surface area contributed by atoms with Gasteiger partial charge in [0.25, 0.3) is 11.8 Å². The average molecular weight is 424 g/mol. The number of benzene rings is 2. The standard InChI is InChI=1S/C20H14ClN5O2S/c21-13-1-3-14(4-2-13)24-19(27)17-9-10-18(29-17)20(28)25-15-5-7-16(8-6-15)26-12-22-11-23-26/h1-12H,(H,24,27)(H,25,28). The predicted molar refractivity (Wildman–Crippen MR) is 113 cm³/mol. The van der Waals surface area contributed by atoms with E-state index in [0.717, 1.165) is 17.0 Å². The van der Waals surface area contributed by atoms with E-state index in [1.807, 2.05) is 12.1 Å². The molecule has 2 aromatic heterocycles. The first-order valence-electron chi connectivity index (χ1n) is 8.52. The Hall–Kier alpha value is -3.49. The molecular formula is C20H14ClN5O2S. The molecule has 0 aliphatic carbocycles. The number of halogens is 1. The van der Waals surface area contributed by atoms with Crippen molar-refractivity contribution in [2.24, 2.45) is 0 Å². The highest BCUT2D eigenvalue weighted by Gasteiger charge is 2.14. The maximum atomic E-state index is 12.5. The number of nitrogens with zero attached hydrogens (tertiary/aromatic N) is 3. The van der Waals surface area contributed by atoms with Crippen LogP contribution in [-0.4, -0.2) is 26.6 Å². The molecule has 144 valence electrons. The van der Waals surface area contributed by atoms with Gasteiger partial charge in [-0.1, -0.05) is 11.6 Å². The number of hydrogen-bond donors (Lipinski definition) is 2. The molecule has 0 unspecified atom stereocenters. The SMILES string of the molecule is O=C(Nc1ccc(Cl)cc1)c1ccc(C(=O)Nc2ccc(-n3cncn3)cc2)s1. The van der Waals surface area contributed by atoms with Crippen molar-refractivity contribution in [1.29, 1.82) is 0 Å². The molecule has 0 bridgehead atoms. The second-order valence-electron chi connectivity index (χ2n) is 5.97. The summed E-state index contributed by atoms with van der Waals surface area (Å²) in [6, 6.07) is 17.3. The van der Waals surface area contributed by atoms with Crippen LogP contribution in [0, 0.1) is 0 Å². The van der Waals surface area contributed by atoms with E-state index in [4.69, 9.17) is 11.6 Å². The number of amides is 2. The summed E-state index contributed by atoms with van der Waals surface area (Å²) in [6.45, 7) is 0. The van der Waals surface area contributed by atoms with Gasteiger partial charge in [-0.25, -0.2) is 9.67 Å². The van der Waals surface area contributed by atoms with Crippen LogP contribution in [0.25, 0.3) is 5.69 Å². The molecule has 9 heteroatoms. The summed E-state index contributed by atoms with van der Waals surface area (Å²) >= 11 is 6.96. The van der Waals surface area contributed by atoms with Crippen molar-refractivity contribution in [3.05, 3.63) is 88.1 Å². The third-order valence-corrected chi connectivity index (χ3v) is 5.30. The third-order valence-electron chi connectivity index (χ3n) is 3.96. The van der Waals surface area contributed by atoms with E-state index in [0.29, 0.717) is 26.2 Å². The second kappa shape index (κ2) is 8.26. The Morgan fingerprint density at radius 2 is 1.38 bits per heavy atom. The number of aromatic nitrogens is 3. The summed E-state index contributed by atoms with van der Waals surface area (Å²) < 4.78 is 1.62. The lowest BCUT2D eigenvalue weighted by atomic mass is 10.2. The first kappa shape index (κ1) is 18.9. The molecule has 0 atom stereocenters. The van der Waals surface area contributed by atoms with Gasteiger partial charge in [0.05, 0.1) is 15.4 Å². The number of thiophene rings is 1. The Bertz CT molecular complexity index is 1140. The normalized spacial score (nSPS) is 10.5. The predicted octanol–water partition coefficient (Wildman–Crippen LogP) is 4.49. The largest absolute Gasteiger partial charge is 0.321 e. The average Bonchev–Trinajstić information content (AvgIpc) is 3.43. The van der Waals surface area contributed by atoms with Gasteiger partial charge in [0.15, 0.2) is 0 Å². The summed E-state index contributed by atoms with van der Waals surface area (Å²) in [4.78, 5) is 29.6. The molecule has 0 radical (unpaired) electrons. The molecule has 2 heterocycles. The van der Waals surface area contributed by atoms with Crippen LogP contribution in [0.4, 0.5) is 11.4 Å². The summed E-state index contributed by atoms with van der Waals surface area (Å²) in [5.41, 5.74) is 2.10. The molecule has 0 saturated carbocycles. The minimum absolute atomic E-state index is 0.283. The molecule has 2 aromatic carbocycles. The van der Waals surface area contributed by atoms with Gasteiger partial charge in [0.1, 0.15) is 12.7 Å². The van der Waals surface area contributed by atoms with Gasteiger partial charge in [-0.15, -0.1) is 11.3 Å². The van der Waals surface area contributed by atoms with E-state index in [1.54, 1.807) is 59.5 Å². The lowest BCUT2D eigenvalue weighted by Gasteiger charge is -2.05. The Balaban J connectivity index is 1.40. The Kier molecular flexibility index (Phi) is 5.37. The fraction of sp³-hybridized carbons (Fsp3) is 0. The van der Waals surface area contributed by atoms with Crippen LogP contribution in [0.2, 0.25) is 5.02 Å². The molecule has 0 aliphatic rings. The van der Waals surface area contributed by atoms with Crippen molar-refractivity contribution >= 4 is 46.1 Å². The van der Waals surface area contributed by atoms with Gasteiger partial charge >= 0.3 is 0 Å². The van der Waals surface area contributed by atoms with Crippen LogP contribution in [-0.2, 0) is 0 Å². The lowest BCUT2D eigenvalue weighted by molar-refractivity contribution is 0.102. The fourth-order valence-electron chi connectivity index (χ4n) is 2.54. The smallest absolute Gasteiger partial charge is 0.265 e. The maximum absolute atomic E-state index is 12.5. The zero-order chi connectivity index (χ0) is 20.2. The maximum Gasteiger partial charge on any atom is 0.265 e. The lowest BCUT2D eigenvalue weighted by Crippen LogP contribution is -2.11. The first-order valence-corrected chi connectivity index (χ1v) is 9.71. The van der Waals surface area contributed by atoms with E-state index in [-0.39, 0.29) is 11.8 Å². The van der Waals surface area contributed by atoms with Gasteiger partial charge in [-0.05, 0) is 60.7 Å². The molecule has 4 rings (SSSR count). The molecule has 7 nitrogen and oxygen atoms in total. The fourth-order valence-corrected chi connectivity index (χ4v) is 3.46. The van der Waals surface area contributed by atoms with Crippen LogP contribution in [0.5, 0.6) is 0 Å². The number of nitrogens with one attached hydrogen (secondary N) is 2. The van der Waals surface area contributed by atoms with E-state index in [9.17, 15) is 9.59 Å². The van der Waals surface area contributed by atoms with Crippen LogP contribution in [0.3, 0.4) is 0 Å². The van der Waals surface area contributed by atoms with Crippen molar-refractivity contribution in [2.75, 3.05) is 10.6 Å². The second-order valence-corrected chi connectivity index (χ2v) is 7.49. The Morgan fingerprint density at radius 3 is 1.90 bits per heavy atom. The summed E-state index contributed by atoms with van der Waals surface area (Å²) in [7, 11) is 0. The van der Waals surface area contributed by atoms with Crippen molar-refractivity contribution in [2.45, 2.75) is 0 Å². The molecule has 0 saturated heterocycles. The minimum Gasteiger partial charge on any atom is -0.321 e. The van der Waals surface area contributed by atoms with Gasteiger partial charge in [0.2, 0.25) is 0 Å². The molecule has 0 spiro atoms. The van der Waals surface area contributed by atoms with Crippen molar-refractivity contribution in [1.82, 2.24) is 14.8 Å². The topological polar surface area (TPSA) is 88.9 Å². The molecule has 0 fully saturated rings. The van der Waals surface area contributed by atoms with E-state index in [2.05, 4.69) is 20.7 Å². The van der Waals surface area contributed by atoms with Gasteiger partial charge in [0, 0.05) is 16.4 Å². The minimum atomic E-state index is -0.284. The van der Waals surface area contributed by atoms with Crippen molar-refractivity contribution < 1.29 is 9.59 Å². The Morgan fingerprint density at radius 1 is 0.828 bits per heavy atom. The molecule has 0 aliphatic heterocycles. The van der Waals surface area contributed by atoms with E-state index >= 15 is 0 Å². The molecule has 4 aromatic rings. The van der Waals surface area contributed by atoms with Crippen molar-refractivity contribution in [3.8, 4) is 5.69 Å². The first-order chi connectivity index (χ1) is 14.1. The summed E-state index contributed by atoms with van der Waals surface area (Å²) in [5, 5.41) is 10.2. The monoisotopic (exact) mass is 423 g/mol. The molecular weight excluding hydrogens is 410 g/mol. The highest BCUT2D eigenvalue weighted by molar-refractivity contribution is 7.16. The van der Waals surface area contributed by atoms with E-state index < -0.39 is 0 Å². The molecule has 2 N–H and O–H groups in total. The van der Waals surface area contributed by atoms with Gasteiger partial charge in [-0.3, -0.25) is 9.59 Å². The summed E-state index contributed by atoms with van der Waals surface area (Å²) in [5.74, 6) is -0.567. The molecule has 29 heavy (non-hydrogen) atoms. The van der Waals surface area contributed by atoms with Crippen LogP contribution in [0.15, 0.2) is 73.3 Å². The van der Waals surface area contributed by atoms with E-state index in [1.165, 1.54) is 6.33 Å². The molecule has 2 amide bonds. The van der Waals surface area contributed by atoms with Gasteiger partial charge in [-0.2, -0.15) is 5.10 Å². The number of hydrogen-bond acceptors (Lipinski definition) is 5.